The molecule has 1 N–H and O–H groups in total. The Morgan fingerprint density at radius 1 is 1.53 bits per heavy atom. The van der Waals surface area contributed by atoms with E-state index >= 15 is 0 Å². The van der Waals surface area contributed by atoms with Gasteiger partial charge in [0, 0.05) is 11.8 Å². The molecule has 0 fully saturated rings. The SMILES string of the molecule is CCOc1ccc(NC(C)C(=O)OC)cc1F. The fourth-order valence-corrected chi connectivity index (χ4v) is 1.35. The number of hydrogen-bond acceptors (Lipinski definition) is 4. The van der Waals surface area contributed by atoms with Crippen LogP contribution in [0, 0.1) is 5.82 Å². The van der Waals surface area contributed by atoms with Gasteiger partial charge in [0.15, 0.2) is 11.6 Å². The summed E-state index contributed by atoms with van der Waals surface area (Å²) < 4.78 is 23.1. The first-order chi connectivity index (χ1) is 8.08. The van der Waals surface area contributed by atoms with E-state index in [0.717, 1.165) is 0 Å². The third kappa shape index (κ3) is 3.62. The highest BCUT2D eigenvalue weighted by atomic mass is 19.1. The molecule has 94 valence electrons. The topological polar surface area (TPSA) is 47.6 Å². The first-order valence-corrected chi connectivity index (χ1v) is 5.35. The number of rotatable bonds is 5. The second kappa shape index (κ2) is 6.08. The second-order valence-electron chi connectivity index (χ2n) is 3.47. The third-order valence-corrected chi connectivity index (χ3v) is 2.17. The Bertz CT molecular complexity index is 395. The maximum atomic E-state index is 13.5. The average Bonchev–Trinajstić information content (AvgIpc) is 2.31. The van der Waals surface area contributed by atoms with E-state index in [0.29, 0.717) is 12.3 Å². The monoisotopic (exact) mass is 241 g/mol. The van der Waals surface area contributed by atoms with Crippen LogP contribution in [-0.4, -0.2) is 25.7 Å². The van der Waals surface area contributed by atoms with Gasteiger partial charge in [0.25, 0.3) is 0 Å². The van der Waals surface area contributed by atoms with E-state index in [-0.39, 0.29) is 5.75 Å². The maximum Gasteiger partial charge on any atom is 0.327 e. The third-order valence-electron chi connectivity index (χ3n) is 2.17. The van der Waals surface area contributed by atoms with Gasteiger partial charge in [0.2, 0.25) is 0 Å². The van der Waals surface area contributed by atoms with Gasteiger partial charge in [-0.1, -0.05) is 0 Å². The van der Waals surface area contributed by atoms with E-state index in [1.165, 1.54) is 19.2 Å². The van der Waals surface area contributed by atoms with Crippen molar-refractivity contribution in [3.05, 3.63) is 24.0 Å². The zero-order valence-corrected chi connectivity index (χ0v) is 10.1. The summed E-state index contributed by atoms with van der Waals surface area (Å²) in [5.74, 6) is -0.669. The van der Waals surface area contributed by atoms with Gasteiger partial charge >= 0.3 is 5.97 Å². The summed E-state index contributed by atoms with van der Waals surface area (Å²) in [7, 11) is 1.30. The number of nitrogens with one attached hydrogen (secondary N) is 1. The lowest BCUT2D eigenvalue weighted by Crippen LogP contribution is -2.27. The maximum absolute atomic E-state index is 13.5. The standard InChI is InChI=1S/C12H16FNO3/c1-4-17-11-6-5-9(7-10(11)13)14-8(2)12(15)16-3/h5-8,14H,4H2,1-3H3. The summed E-state index contributed by atoms with van der Waals surface area (Å²) in [5, 5.41) is 2.83. The first-order valence-electron chi connectivity index (χ1n) is 5.35. The highest BCUT2D eigenvalue weighted by molar-refractivity contribution is 5.78. The lowest BCUT2D eigenvalue weighted by Gasteiger charge is -2.13. The van der Waals surface area contributed by atoms with Crippen molar-refractivity contribution in [1.29, 1.82) is 0 Å². The molecule has 1 atom stereocenters. The zero-order valence-electron chi connectivity index (χ0n) is 10.1. The van der Waals surface area contributed by atoms with Gasteiger partial charge in [0.1, 0.15) is 6.04 Å². The van der Waals surface area contributed by atoms with E-state index in [4.69, 9.17) is 4.74 Å². The van der Waals surface area contributed by atoms with Crippen molar-refractivity contribution in [1.82, 2.24) is 0 Å². The summed E-state index contributed by atoms with van der Waals surface area (Å²) in [6.07, 6.45) is 0. The Morgan fingerprint density at radius 2 is 2.24 bits per heavy atom. The molecule has 17 heavy (non-hydrogen) atoms. The highest BCUT2D eigenvalue weighted by Gasteiger charge is 2.13. The Morgan fingerprint density at radius 3 is 2.76 bits per heavy atom. The molecule has 0 radical (unpaired) electrons. The summed E-state index contributed by atoms with van der Waals surface area (Å²) in [6.45, 7) is 3.83. The second-order valence-corrected chi connectivity index (χ2v) is 3.47. The molecule has 5 heteroatoms. The molecule has 0 aliphatic carbocycles. The van der Waals surface area contributed by atoms with E-state index in [1.54, 1.807) is 19.9 Å². The first kappa shape index (κ1) is 13.3. The molecule has 0 aliphatic rings. The van der Waals surface area contributed by atoms with E-state index in [2.05, 4.69) is 10.1 Å². The van der Waals surface area contributed by atoms with Crippen molar-refractivity contribution < 1.29 is 18.7 Å². The summed E-state index contributed by atoms with van der Waals surface area (Å²) in [6, 6.07) is 3.92. The number of benzene rings is 1. The minimum Gasteiger partial charge on any atom is -0.491 e. The Hall–Kier alpha value is -1.78. The molecule has 0 saturated heterocycles. The number of esters is 1. The smallest absolute Gasteiger partial charge is 0.327 e. The Balaban J connectivity index is 2.73. The van der Waals surface area contributed by atoms with Crippen LogP contribution < -0.4 is 10.1 Å². The van der Waals surface area contributed by atoms with Crippen LogP contribution in [0.1, 0.15) is 13.8 Å². The van der Waals surface area contributed by atoms with Crippen LogP contribution in [0.15, 0.2) is 18.2 Å². The van der Waals surface area contributed by atoms with Gasteiger partial charge in [-0.15, -0.1) is 0 Å². The van der Waals surface area contributed by atoms with Gasteiger partial charge < -0.3 is 14.8 Å². The molecule has 0 aromatic heterocycles. The molecule has 0 amide bonds. The molecule has 0 bridgehead atoms. The molecule has 4 nitrogen and oxygen atoms in total. The minimum absolute atomic E-state index is 0.198. The number of hydrogen-bond donors (Lipinski definition) is 1. The molecular formula is C12H16FNO3. The highest BCUT2D eigenvalue weighted by Crippen LogP contribution is 2.21. The zero-order chi connectivity index (χ0) is 12.8. The fraction of sp³-hybridized carbons (Fsp3) is 0.417. The number of halogens is 1. The van der Waals surface area contributed by atoms with Gasteiger partial charge in [-0.25, -0.2) is 9.18 Å². The number of carbonyl (C=O) groups excluding carboxylic acids is 1. The van der Waals surface area contributed by atoms with Crippen molar-refractivity contribution in [2.24, 2.45) is 0 Å². The number of carbonyl (C=O) groups is 1. The Kier molecular flexibility index (Phi) is 4.75. The van der Waals surface area contributed by atoms with Gasteiger partial charge in [-0.05, 0) is 26.0 Å². The van der Waals surface area contributed by atoms with E-state index in [9.17, 15) is 9.18 Å². The molecular weight excluding hydrogens is 225 g/mol. The van der Waals surface area contributed by atoms with Gasteiger partial charge in [0.05, 0.1) is 13.7 Å². The predicted octanol–water partition coefficient (Wildman–Crippen LogP) is 2.20. The van der Waals surface area contributed by atoms with Crippen LogP contribution in [0.25, 0.3) is 0 Å². The normalized spacial score (nSPS) is 11.8. The molecule has 0 aliphatic heterocycles. The predicted molar refractivity (Wildman–Crippen MR) is 62.7 cm³/mol. The molecule has 0 spiro atoms. The lowest BCUT2D eigenvalue weighted by atomic mass is 10.2. The molecule has 0 saturated carbocycles. The van der Waals surface area contributed by atoms with Crippen molar-refractivity contribution >= 4 is 11.7 Å². The molecule has 1 aromatic carbocycles. The minimum atomic E-state index is -0.530. The summed E-state index contributed by atoms with van der Waals surface area (Å²) in [5.41, 5.74) is 0.504. The van der Waals surface area contributed by atoms with Crippen molar-refractivity contribution in [3.63, 3.8) is 0 Å². The lowest BCUT2D eigenvalue weighted by molar-refractivity contribution is -0.141. The molecule has 1 unspecified atom stereocenters. The largest absolute Gasteiger partial charge is 0.491 e. The molecule has 1 rings (SSSR count). The van der Waals surface area contributed by atoms with Crippen LogP contribution in [0.3, 0.4) is 0 Å². The van der Waals surface area contributed by atoms with Crippen LogP contribution >= 0.6 is 0 Å². The summed E-state index contributed by atoms with van der Waals surface area (Å²) in [4.78, 5) is 11.2. The number of methoxy groups -OCH3 is 1. The van der Waals surface area contributed by atoms with E-state index in [1.807, 2.05) is 0 Å². The van der Waals surface area contributed by atoms with Crippen molar-refractivity contribution in [3.8, 4) is 5.75 Å². The van der Waals surface area contributed by atoms with Crippen molar-refractivity contribution in [2.75, 3.05) is 19.0 Å². The molecule has 1 aromatic rings. The van der Waals surface area contributed by atoms with Crippen LogP contribution in [0.4, 0.5) is 10.1 Å². The Labute approximate surface area is 99.7 Å². The van der Waals surface area contributed by atoms with Gasteiger partial charge in [-0.3, -0.25) is 0 Å². The molecule has 0 heterocycles. The van der Waals surface area contributed by atoms with Crippen LogP contribution in [-0.2, 0) is 9.53 Å². The van der Waals surface area contributed by atoms with E-state index < -0.39 is 17.8 Å². The summed E-state index contributed by atoms with van der Waals surface area (Å²) >= 11 is 0. The quantitative estimate of drug-likeness (QED) is 0.803. The van der Waals surface area contributed by atoms with Gasteiger partial charge in [-0.2, -0.15) is 0 Å². The fourth-order valence-electron chi connectivity index (χ4n) is 1.35. The number of ether oxygens (including phenoxy) is 2. The van der Waals surface area contributed by atoms with Crippen molar-refractivity contribution in [2.45, 2.75) is 19.9 Å². The number of anilines is 1. The van der Waals surface area contributed by atoms with Crippen LogP contribution in [0.5, 0.6) is 5.75 Å². The average molecular weight is 241 g/mol. The van der Waals surface area contributed by atoms with Crippen LogP contribution in [0.2, 0.25) is 0 Å².